The molecule has 2 atom stereocenters. The van der Waals surface area contributed by atoms with Crippen molar-refractivity contribution < 1.29 is 31.1 Å². The minimum Gasteiger partial charge on any atom is -0.430 e. The summed E-state index contributed by atoms with van der Waals surface area (Å²) in [5, 5.41) is 12.8. The van der Waals surface area contributed by atoms with E-state index in [2.05, 4.69) is 15.6 Å². The van der Waals surface area contributed by atoms with Crippen molar-refractivity contribution in [3.63, 3.8) is 0 Å². The highest BCUT2D eigenvalue weighted by molar-refractivity contribution is 7.92. The first-order valence-electron chi connectivity index (χ1n) is 10.1. The summed E-state index contributed by atoms with van der Waals surface area (Å²) in [6.07, 6.45) is -3.05. The molecule has 1 aliphatic carbocycles. The van der Waals surface area contributed by atoms with Crippen LogP contribution in [0.5, 0.6) is 0 Å². The number of nitrogens with zero attached hydrogens (tertiary/aromatic N) is 3. The van der Waals surface area contributed by atoms with E-state index in [0.717, 1.165) is 29.1 Å². The minimum atomic E-state index is -5.02. The number of carbonyl (C=O) groups is 1. The minimum absolute atomic E-state index is 0.174. The Bertz CT molecular complexity index is 1330. The van der Waals surface area contributed by atoms with Crippen LogP contribution in [0.2, 0.25) is 0 Å². The van der Waals surface area contributed by atoms with E-state index < -0.39 is 55.1 Å². The number of nitriles is 1. The quantitative estimate of drug-likeness (QED) is 0.633. The molecule has 34 heavy (non-hydrogen) atoms. The number of rotatable bonds is 5. The Morgan fingerprint density at radius 2 is 2.09 bits per heavy atom. The number of carbonyl (C=O) groups excluding carboxylic acids is 1. The Labute approximate surface area is 191 Å². The highest BCUT2D eigenvalue weighted by atomic mass is 32.2. The predicted molar refractivity (Wildman–Crippen MR) is 109 cm³/mol. The fraction of sp³-hybridized carbons (Fsp3) is 0.400. The highest BCUT2D eigenvalue weighted by Crippen LogP contribution is 2.38. The number of hydrogen-bond donors (Lipinski definition) is 2. The van der Waals surface area contributed by atoms with Crippen LogP contribution in [0.25, 0.3) is 5.69 Å². The summed E-state index contributed by atoms with van der Waals surface area (Å²) in [4.78, 5) is 26.6. The van der Waals surface area contributed by atoms with Gasteiger partial charge in [-0.2, -0.15) is 18.4 Å². The predicted octanol–water partition coefficient (Wildman–Crippen LogP) is 1.50. The Balaban J connectivity index is 1.57. The SMILES string of the molecule is N#CC1(NC(=O)O[C@H]2C[C@@H](S(=O)(=O)c3ccc(-n4ccncc4=O)cc3C(F)(F)F)CN2)CC1. The Kier molecular flexibility index (Phi) is 5.86. The molecule has 4 rings (SSSR count). The molecule has 10 nitrogen and oxygen atoms in total. The highest BCUT2D eigenvalue weighted by Gasteiger charge is 2.46. The fourth-order valence-electron chi connectivity index (χ4n) is 3.62. The second-order valence-corrected chi connectivity index (χ2v) is 10.2. The third-order valence-corrected chi connectivity index (χ3v) is 7.83. The molecule has 0 bridgehead atoms. The van der Waals surface area contributed by atoms with Crippen LogP contribution in [0.1, 0.15) is 24.8 Å². The van der Waals surface area contributed by atoms with E-state index in [0.29, 0.717) is 18.9 Å². The molecule has 180 valence electrons. The van der Waals surface area contributed by atoms with Gasteiger partial charge < -0.3 is 10.1 Å². The molecule has 1 saturated carbocycles. The summed E-state index contributed by atoms with van der Waals surface area (Å²) in [5.74, 6) is 0. The van der Waals surface area contributed by atoms with Gasteiger partial charge in [-0.25, -0.2) is 13.2 Å². The second-order valence-electron chi connectivity index (χ2n) is 7.99. The van der Waals surface area contributed by atoms with Crippen molar-refractivity contribution in [3.05, 3.63) is 52.7 Å². The van der Waals surface area contributed by atoms with Crippen molar-refractivity contribution >= 4 is 15.9 Å². The van der Waals surface area contributed by atoms with Crippen LogP contribution in [0.4, 0.5) is 18.0 Å². The van der Waals surface area contributed by atoms with Crippen LogP contribution in [0.3, 0.4) is 0 Å². The summed E-state index contributed by atoms with van der Waals surface area (Å²) < 4.78 is 73.7. The molecular formula is C20H18F3N5O5S. The molecule has 0 spiro atoms. The monoisotopic (exact) mass is 497 g/mol. The molecule has 0 radical (unpaired) electrons. The zero-order valence-electron chi connectivity index (χ0n) is 17.4. The van der Waals surface area contributed by atoms with Gasteiger partial charge in [0.05, 0.1) is 28.0 Å². The fourth-order valence-corrected chi connectivity index (χ4v) is 5.46. The molecule has 1 aromatic heterocycles. The zero-order valence-corrected chi connectivity index (χ0v) is 18.2. The van der Waals surface area contributed by atoms with E-state index >= 15 is 0 Å². The maximum atomic E-state index is 13.8. The molecule has 2 aliphatic rings. The number of benzene rings is 1. The van der Waals surface area contributed by atoms with Crippen molar-refractivity contribution in [2.75, 3.05) is 6.54 Å². The van der Waals surface area contributed by atoms with Crippen LogP contribution in [-0.4, -0.2) is 47.6 Å². The molecule has 2 aromatic rings. The van der Waals surface area contributed by atoms with Crippen LogP contribution in [0.15, 0.2) is 46.5 Å². The van der Waals surface area contributed by atoms with Crippen molar-refractivity contribution in [2.45, 2.75) is 47.4 Å². The van der Waals surface area contributed by atoms with E-state index in [4.69, 9.17) is 10.00 Å². The average Bonchev–Trinajstić information content (AvgIpc) is 3.38. The Morgan fingerprint density at radius 1 is 1.35 bits per heavy atom. The third-order valence-electron chi connectivity index (χ3n) is 5.62. The lowest BCUT2D eigenvalue weighted by atomic mass is 10.2. The molecule has 1 aliphatic heterocycles. The average molecular weight is 497 g/mol. The lowest BCUT2D eigenvalue weighted by Crippen LogP contribution is -2.40. The standard InChI is InChI=1S/C20H18F3N5O5S/c21-20(22,23)14-7-12(28-6-5-25-10-17(28)29)1-2-15(14)34(31,32)13-8-16(26-9-13)33-18(30)27-19(11-24)3-4-19/h1-2,5-7,10,13,16,26H,3-4,8-9H2,(H,27,30)/t13-,16+/m1/s1. The van der Waals surface area contributed by atoms with Crippen LogP contribution in [-0.2, 0) is 20.8 Å². The van der Waals surface area contributed by atoms with Crippen LogP contribution in [0, 0.1) is 11.3 Å². The summed E-state index contributed by atoms with van der Waals surface area (Å²) in [6, 6.07) is 4.45. The van der Waals surface area contributed by atoms with Crippen molar-refractivity contribution in [1.82, 2.24) is 20.2 Å². The van der Waals surface area contributed by atoms with Gasteiger partial charge in [0.25, 0.3) is 5.56 Å². The summed E-state index contributed by atoms with van der Waals surface area (Å²) >= 11 is 0. The number of aromatic nitrogens is 2. The first-order valence-corrected chi connectivity index (χ1v) is 11.6. The molecule has 0 unspecified atom stereocenters. The molecule has 2 fully saturated rings. The molecule has 1 aromatic carbocycles. The number of amides is 1. The Hall–Kier alpha value is -3.44. The summed E-state index contributed by atoms with van der Waals surface area (Å²) in [5.41, 5.74) is -3.26. The lowest BCUT2D eigenvalue weighted by Gasteiger charge is -2.18. The molecule has 1 saturated heterocycles. The van der Waals surface area contributed by atoms with E-state index in [1.165, 1.54) is 6.20 Å². The number of ether oxygens (including phenoxy) is 1. The van der Waals surface area contributed by atoms with Gasteiger partial charge in [-0.05, 0) is 31.0 Å². The van der Waals surface area contributed by atoms with Gasteiger partial charge in [-0.15, -0.1) is 0 Å². The maximum Gasteiger partial charge on any atom is 0.417 e. The second kappa shape index (κ2) is 8.41. The van der Waals surface area contributed by atoms with E-state index in [9.17, 15) is 31.2 Å². The molecule has 14 heteroatoms. The van der Waals surface area contributed by atoms with Crippen molar-refractivity contribution in [1.29, 1.82) is 5.26 Å². The topological polar surface area (TPSA) is 143 Å². The molecule has 1 amide bonds. The first kappa shape index (κ1) is 23.7. The number of halogens is 3. The van der Waals surface area contributed by atoms with Gasteiger partial charge in [0, 0.05) is 31.0 Å². The van der Waals surface area contributed by atoms with Gasteiger partial charge in [0.1, 0.15) is 5.54 Å². The van der Waals surface area contributed by atoms with E-state index in [-0.39, 0.29) is 18.7 Å². The first-order chi connectivity index (χ1) is 15.9. The largest absolute Gasteiger partial charge is 0.430 e. The van der Waals surface area contributed by atoms with E-state index in [1.54, 1.807) is 0 Å². The molecule has 2 heterocycles. The smallest absolute Gasteiger partial charge is 0.417 e. The van der Waals surface area contributed by atoms with Crippen LogP contribution >= 0.6 is 0 Å². The third kappa shape index (κ3) is 4.62. The van der Waals surface area contributed by atoms with Gasteiger partial charge in [-0.3, -0.25) is 19.7 Å². The Morgan fingerprint density at radius 3 is 2.71 bits per heavy atom. The van der Waals surface area contributed by atoms with Crippen molar-refractivity contribution in [2.24, 2.45) is 0 Å². The lowest BCUT2D eigenvalue weighted by molar-refractivity contribution is -0.139. The van der Waals surface area contributed by atoms with Gasteiger partial charge in [0.2, 0.25) is 0 Å². The number of sulfone groups is 1. The summed E-state index contributed by atoms with van der Waals surface area (Å²) in [6.45, 7) is -0.244. The van der Waals surface area contributed by atoms with Gasteiger partial charge in [-0.1, -0.05) is 0 Å². The number of alkyl carbamates (subject to hydrolysis) is 1. The van der Waals surface area contributed by atoms with Gasteiger partial charge >= 0.3 is 12.3 Å². The number of alkyl halides is 3. The molecule has 2 N–H and O–H groups in total. The normalized spacial score (nSPS) is 21.5. The maximum absolute atomic E-state index is 13.8. The van der Waals surface area contributed by atoms with E-state index in [1.807, 2.05) is 6.07 Å². The molecular weight excluding hydrogens is 479 g/mol. The van der Waals surface area contributed by atoms with Gasteiger partial charge in [0.15, 0.2) is 16.1 Å². The number of hydrogen-bond acceptors (Lipinski definition) is 8. The zero-order chi connectivity index (χ0) is 24.7. The number of nitrogens with one attached hydrogen (secondary N) is 2. The van der Waals surface area contributed by atoms with Crippen LogP contribution < -0.4 is 16.2 Å². The van der Waals surface area contributed by atoms with Crippen molar-refractivity contribution in [3.8, 4) is 11.8 Å². The summed E-state index contributed by atoms with van der Waals surface area (Å²) in [7, 11) is -4.50.